The van der Waals surface area contributed by atoms with E-state index in [1.165, 1.54) is 7.11 Å². The summed E-state index contributed by atoms with van der Waals surface area (Å²) in [7, 11) is 1.38. The highest BCUT2D eigenvalue weighted by molar-refractivity contribution is 9.10. The van der Waals surface area contributed by atoms with Crippen molar-refractivity contribution in [1.82, 2.24) is 0 Å². The number of thioether (sulfide) groups is 1. The minimum absolute atomic E-state index is 0.319. The van der Waals surface area contributed by atoms with Crippen LogP contribution in [-0.4, -0.2) is 13.1 Å². The van der Waals surface area contributed by atoms with Crippen molar-refractivity contribution in [1.29, 1.82) is 0 Å². The van der Waals surface area contributed by atoms with Gasteiger partial charge in [-0.3, -0.25) is 0 Å². The van der Waals surface area contributed by atoms with Gasteiger partial charge in [-0.1, -0.05) is 28.1 Å². The molecule has 0 atom stereocenters. The molecule has 2 rings (SSSR count). The minimum atomic E-state index is -0.319. The van der Waals surface area contributed by atoms with Crippen LogP contribution in [0.15, 0.2) is 51.8 Å². The highest BCUT2D eigenvalue weighted by Gasteiger charge is 2.05. The van der Waals surface area contributed by atoms with Gasteiger partial charge in [0.05, 0.1) is 12.7 Å². The normalized spacial score (nSPS) is 10.3. The van der Waals surface area contributed by atoms with Crippen LogP contribution in [0.3, 0.4) is 0 Å². The van der Waals surface area contributed by atoms with E-state index < -0.39 is 0 Å². The van der Waals surface area contributed by atoms with E-state index in [4.69, 9.17) is 5.73 Å². The van der Waals surface area contributed by atoms with Crippen molar-refractivity contribution in [3.63, 3.8) is 0 Å². The Morgan fingerprint density at radius 1 is 1.25 bits per heavy atom. The Labute approximate surface area is 130 Å². The maximum absolute atomic E-state index is 11.3. The fourth-order valence-corrected chi connectivity index (χ4v) is 3.12. The van der Waals surface area contributed by atoms with Crippen LogP contribution >= 0.6 is 27.7 Å². The number of halogens is 1. The number of carbonyl (C=O) groups excluding carboxylic acids is 1. The van der Waals surface area contributed by atoms with Crippen LogP contribution < -0.4 is 5.73 Å². The Balaban J connectivity index is 2.04. The lowest BCUT2D eigenvalue weighted by atomic mass is 10.1. The second kappa shape index (κ2) is 6.81. The summed E-state index contributed by atoms with van der Waals surface area (Å²) in [4.78, 5) is 12.4. The van der Waals surface area contributed by atoms with Crippen molar-refractivity contribution in [2.24, 2.45) is 0 Å². The molecule has 0 heterocycles. The summed E-state index contributed by atoms with van der Waals surface area (Å²) in [6, 6.07) is 13.2. The van der Waals surface area contributed by atoms with Gasteiger partial charge in [-0.2, -0.15) is 0 Å². The number of hydrogen-bond donors (Lipinski definition) is 1. The van der Waals surface area contributed by atoms with Gasteiger partial charge in [0, 0.05) is 20.8 Å². The molecular formula is C15H14BrNO2S. The van der Waals surface area contributed by atoms with Gasteiger partial charge in [0.2, 0.25) is 0 Å². The van der Waals surface area contributed by atoms with Gasteiger partial charge in [-0.15, -0.1) is 11.8 Å². The molecule has 0 amide bonds. The lowest BCUT2D eigenvalue weighted by molar-refractivity contribution is 0.0600. The summed E-state index contributed by atoms with van der Waals surface area (Å²) in [5.41, 5.74) is 8.39. The first-order valence-electron chi connectivity index (χ1n) is 5.95. The zero-order valence-corrected chi connectivity index (χ0v) is 13.3. The lowest BCUT2D eigenvalue weighted by Crippen LogP contribution is -2.00. The third-order valence-electron chi connectivity index (χ3n) is 2.74. The van der Waals surface area contributed by atoms with Gasteiger partial charge in [0.25, 0.3) is 0 Å². The predicted molar refractivity (Wildman–Crippen MR) is 85.9 cm³/mol. The first-order chi connectivity index (χ1) is 9.60. The molecule has 0 bridgehead atoms. The third-order valence-corrected chi connectivity index (χ3v) is 4.38. The van der Waals surface area contributed by atoms with Crippen LogP contribution in [0, 0.1) is 0 Å². The number of esters is 1. The summed E-state index contributed by atoms with van der Waals surface area (Å²) in [6.45, 7) is 0. The average molecular weight is 352 g/mol. The maximum atomic E-state index is 11.3. The Kier molecular flexibility index (Phi) is 5.09. The fourth-order valence-electron chi connectivity index (χ4n) is 1.65. The molecular weight excluding hydrogens is 338 g/mol. The molecule has 0 aromatic heterocycles. The topological polar surface area (TPSA) is 52.3 Å². The monoisotopic (exact) mass is 351 g/mol. The minimum Gasteiger partial charge on any atom is -0.465 e. The molecule has 0 unspecified atom stereocenters. The molecule has 0 aliphatic rings. The first-order valence-corrected chi connectivity index (χ1v) is 7.73. The number of rotatable bonds is 4. The number of benzene rings is 2. The van der Waals surface area contributed by atoms with E-state index >= 15 is 0 Å². The van der Waals surface area contributed by atoms with E-state index in [0.29, 0.717) is 5.56 Å². The highest BCUT2D eigenvalue weighted by atomic mass is 79.9. The van der Waals surface area contributed by atoms with Gasteiger partial charge in [0.1, 0.15) is 0 Å². The largest absolute Gasteiger partial charge is 0.465 e. The Hall–Kier alpha value is -1.46. The summed E-state index contributed by atoms with van der Waals surface area (Å²) >= 11 is 5.10. The number of nitrogen functional groups attached to an aromatic ring is 1. The van der Waals surface area contributed by atoms with Gasteiger partial charge >= 0.3 is 5.97 Å². The quantitative estimate of drug-likeness (QED) is 0.511. The molecule has 0 saturated heterocycles. The molecule has 0 fully saturated rings. The standard InChI is InChI=1S/C15H14BrNO2S/c1-19-15(18)11-4-2-10(3-5-11)9-20-14-8-12(16)6-7-13(14)17/h2-8H,9,17H2,1H3. The van der Waals surface area contributed by atoms with E-state index in [1.54, 1.807) is 23.9 Å². The van der Waals surface area contributed by atoms with Crippen LogP contribution in [-0.2, 0) is 10.5 Å². The Bertz CT molecular complexity index is 614. The van der Waals surface area contributed by atoms with E-state index in [2.05, 4.69) is 20.7 Å². The Morgan fingerprint density at radius 2 is 1.95 bits per heavy atom. The number of anilines is 1. The van der Waals surface area contributed by atoms with Crippen molar-refractivity contribution >= 4 is 39.3 Å². The smallest absolute Gasteiger partial charge is 0.337 e. The summed E-state index contributed by atoms with van der Waals surface area (Å²) < 4.78 is 5.68. The third kappa shape index (κ3) is 3.77. The molecule has 20 heavy (non-hydrogen) atoms. The second-order valence-electron chi connectivity index (χ2n) is 4.16. The fraction of sp³-hybridized carbons (Fsp3) is 0.133. The molecule has 2 aromatic carbocycles. The van der Waals surface area contributed by atoms with Crippen LogP contribution in [0.5, 0.6) is 0 Å². The van der Waals surface area contributed by atoms with Crippen molar-refractivity contribution < 1.29 is 9.53 Å². The number of ether oxygens (including phenoxy) is 1. The number of hydrogen-bond acceptors (Lipinski definition) is 4. The van der Waals surface area contributed by atoms with Crippen LogP contribution in [0.2, 0.25) is 0 Å². The molecule has 0 spiro atoms. The molecule has 0 radical (unpaired) electrons. The molecule has 2 aromatic rings. The van der Waals surface area contributed by atoms with Gasteiger partial charge in [-0.05, 0) is 35.9 Å². The lowest BCUT2D eigenvalue weighted by Gasteiger charge is -2.06. The molecule has 5 heteroatoms. The zero-order valence-electron chi connectivity index (χ0n) is 10.9. The van der Waals surface area contributed by atoms with Gasteiger partial charge in [-0.25, -0.2) is 4.79 Å². The van der Waals surface area contributed by atoms with Crippen LogP contribution in [0.1, 0.15) is 15.9 Å². The molecule has 2 N–H and O–H groups in total. The molecule has 0 saturated carbocycles. The second-order valence-corrected chi connectivity index (χ2v) is 6.09. The highest BCUT2D eigenvalue weighted by Crippen LogP contribution is 2.30. The predicted octanol–water partition coefficient (Wildman–Crippen LogP) is 4.11. The zero-order chi connectivity index (χ0) is 14.5. The van der Waals surface area contributed by atoms with Crippen LogP contribution in [0.4, 0.5) is 5.69 Å². The van der Waals surface area contributed by atoms with Crippen molar-refractivity contribution in [2.45, 2.75) is 10.6 Å². The van der Waals surface area contributed by atoms with E-state index in [-0.39, 0.29) is 5.97 Å². The molecule has 0 aliphatic carbocycles. The molecule has 0 aliphatic heterocycles. The molecule has 104 valence electrons. The van der Waals surface area contributed by atoms with E-state index in [1.807, 2.05) is 30.3 Å². The average Bonchev–Trinajstić information content (AvgIpc) is 2.48. The molecule has 3 nitrogen and oxygen atoms in total. The van der Waals surface area contributed by atoms with Crippen molar-refractivity contribution in [3.05, 3.63) is 58.1 Å². The van der Waals surface area contributed by atoms with E-state index in [0.717, 1.165) is 26.4 Å². The maximum Gasteiger partial charge on any atom is 0.337 e. The van der Waals surface area contributed by atoms with Gasteiger partial charge in [0.15, 0.2) is 0 Å². The summed E-state index contributed by atoms with van der Waals surface area (Å²) in [5.74, 6) is 0.475. The summed E-state index contributed by atoms with van der Waals surface area (Å²) in [5, 5.41) is 0. The van der Waals surface area contributed by atoms with Gasteiger partial charge < -0.3 is 10.5 Å². The van der Waals surface area contributed by atoms with Crippen LogP contribution in [0.25, 0.3) is 0 Å². The number of carbonyl (C=O) groups is 1. The number of methoxy groups -OCH3 is 1. The van der Waals surface area contributed by atoms with Crippen molar-refractivity contribution in [3.8, 4) is 0 Å². The first kappa shape index (κ1) is 14.9. The Morgan fingerprint density at radius 3 is 2.60 bits per heavy atom. The summed E-state index contributed by atoms with van der Waals surface area (Å²) in [6.07, 6.45) is 0. The number of nitrogens with two attached hydrogens (primary N) is 1. The SMILES string of the molecule is COC(=O)c1ccc(CSc2cc(Br)ccc2N)cc1. The van der Waals surface area contributed by atoms with Crippen molar-refractivity contribution in [2.75, 3.05) is 12.8 Å². The van der Waals surface area contributed by atoms with E-state index in [9.17, 15) is 4.79 Å².